The number of aromatic nitrogens is 2. The van der Waals surface area contributed by atoms with Gasteiger partial charge in [-0.05, 0) is 29.8 Å². The molecule has 0 saturated carbocycles. The van der Waals surface area contributed by atoms with Crippen molar-refractivity contribution in [1.29, 1.82) is 0 Å². The molecule has 0 bridgehead atoms. The van der Waals surface area contributed by atoms with Crippen LogP contribution in [0.5, 0.6) is 5.75 Å². The Morgan fingerprint density at radius 3 is 2.71 bits per heavy atom. The molecule has 3 rings (SSSR count). The van der Waals surface area contributed by atoms with Crippen LogP contribution in [-0.4, -0.2) is 39.4 Å². The number of amides is 1. The van der Waals surface area contributed by atoms with Gasteiger partial charge in [-0.25, -0.2) is 9.37 Å². The number of nitro benzene ring substituents is 1. The molecule has 0 saturated heterocycles. The third-order valence-electron chi connectivity index (χ3n) is 4.18. The monoisotopic (exact) mass is 384 g/mol. The summed E-state index contributed by atoms with van der Waals surface area (Å²) in [5, 5.41) is 11.4. The minimum atomic E-state index is -0.551. The SMILES string of the molecule is COc1ccc(CN(C)C(=O)c2ccc(-n3ccnc3)c([N+](=O)[O-])c2)cc1F. The summed E-state index contributed by atoms with van der Waals surface area (Å²) in [4.78, 5) is 28.8. The van der Waals surface area contributed by atoms with Gasteiger partial charge in [-0.1, -0.05) is 6.07 Å². The highest BCUT2D eigenvalue weighted by Gasteiger charge is 2.21. The zero-order valence-electron chi connectivity index (χ0n) is 15.2. The zero-order chi connectivity index (χ0) is 20.3. The molecule has 0 spiro atoms. The van der Waals surface area contributed by atoms with E-state index in [9.17, 15) is 19.3 Å². The summed E-state index contributed by atoms with van der Waals surface area (Å²) in [5.74, 6) is -0.832. The van der Waals surface area contributed by atoms with Crippen molar-refractivity contribution < 1.29 is 18.8 Å². The molecule has 1 aromatic heterocycles. The van der Waals surface area contributed by atoms with E-state index in [1.807, 2.05) is 0 Å². The van der Waals surface area contributed by atoms with E-state index in [1.165, 1.54) is 59.4 Å². The molecule has 9 heteroatoms. The van der Waals surface area contributed by atoms with Gasteiger partial charge in [0.1, 0.15) is 5.69 Å². The Balaban J connectivity index is 1.84. The maximum atomic E-state index is 13.8. The molecule has 1 heterocycles. The van der Waals surface area contributed by atoms with Gasteiger partial charge in [0.05, 0.1) is 18.4 Å². The zero-order valence-corrected chi connectivity index (χ0v) is 15.2. The second kappa shape index (κ2) is 7.87. The van der Waals surface area contributed by atoms with Crippen LogP contribution in [0.4, 0.5) is 10.1 Å². The number of carbonyl (C=O) groups excluding carboxylic acids is 1. The fraction of sp³-hybridized carbons (Fsp3) is 0.158. The van der Waals surface area contributed by atoms with Gasteiger partial charge in [-0.2, -0.15) is 0 Å². The predicted octanol–water partition coefficient (Wildman–Crippen LogP) is 3.20. The first-order chi connectivity index (χ1) is 13.4. The highest BCUT2D eigenvalue weighted by molar-refractivity contribution is 5.95. The molecule has 144 valence electrons. The van der Waals surface area contributed by atoms with Gasteiger partial charge in [0.25, 0.3) is 11.6 Å². The minimum Gasteiger partial charge on any atom is -0.494 e. The summed E-state index contributed by atoms with van der Waals surface area (Å²) < 4.78 is 20.2. The molecule has 0 aliphatic heterocycles. The van der Waals surface area contributed by atoms with Crippen LogP contribution in [-0.2, 0) is 6.54 Å². The highest BCUT2D eigenvalue weighted by Crippen LogP contribution is 2.25. The maximum absolute atomic E-state index is 13.8. The lowest BCUT2D eigenvalue weighted by atomic mass is 10.1. The first-order valence-electron chi connectivity index (χ1n) is 8.25. The Morgan fingerprint density at radius 2 is 2.11 bits per heavy atom. The van der Waals surface area contributed by atoms with Crippen molar-refractivity contribution in [2.24, 2.45) is 0 Å². The van der Waals surface area contributed by atoms with E-state index in [-0.39, 0.29) is 23.5 Å². The van der Waals surface area contributed by atoms with Gasteiger partial charge in [-0.3, -0.25) is 14.9 Å². The molecule has 3 aromatic rings. The number of hydrogen-bond acceptors (Lipinski definition) is 5. The van der Waals surface area contributed by atoms with Gasteiger partial charge < -0.3 is 14.2 Å². The average molecular weight is 384 g/mol. The fourth-order valence-electron chi connectivity index (χ4n) is 2.80. The summed E-state index contributed by atoms with van der Waals surface area (Å²) in [7, 11) is 2.91. The Kier molecular flexibility index (Phi) is 5.35. The normalized spacial score (nSPS) is 10.5. The largest absolute Gasteiger partial charge is 0.494 e. The van der Waals surface area contributed by atoms with Gasteiger partial charge in [-0.15, -0.1) is 0 Å². The summed E-state index contributed by atoms with van der Waals surface area (Å²) in [6.07, 6.45) is 4.52. The topological polar surface area (TPSA) is 90.5 Å². The molecule has 8 nitrogen and oxygen atoms in total. The van der Waals surface area contributed by atoms with Crippen molar-refractivity contribution in [3.63, 3.8) is 0 Å². The van der Waals surface area contributed by atoms with E-state index in [0.29, 0.717) is 11.3 Å². The Bertz CT molecular complexity index is 1020. The first kappa shape index (κ1) is 19.0. The number of nitrogens with zero attached hydrogens (tertiary/aromatic N) is 4. The van der Waals surface area contributed by atoms with Crippen molar-refractivity contribution in [3.8, 4) is 11.4 Å². The number of carbonyl (C=O) groups is 1. The smallest absolute Gasteiger partial charge is 0.294 e. The van der Waals surface area contributed by atoms with Gasteiger partial charge in [0.2, 0.25) is 0 Å². The third kappa shape index (κ3) is 3.83. The first-order valence-corrected chi connectivity index (χ1v) is 8.25. The number of ether oxygens (including phenoxy) is 1. The lowest BCUT2D eigenvalue weighted by molar-refractivity contribution is -0.384. The molecule has 0 unspecified atom stereocenters. The van der Waals surface area contributed by atoms with Crippen molar-refractivity contribution in [1.82, 2.24) is 14.5 Å². The number of rotatable bonds is 6. The third-order valence-corrected chi connectivity index (χ3v) is 4.18. The molecule has 0 aliphatic rings. The van der Waals surface area contributed by atoms with E-state index in [4.69, 9.17) is 4.74 Å². The Labute approximate surface area is 159 Å². The van der Waals surface area contributed by atoms with E-state index in [0.717, 1.165) is 0 Å². The van der Waals surface area contributed by atoms with Crippen molar-refractivity contribution in [3.05, 3.63) is 82.2 Å². The van der Waals surface area contributed by atoms with Crippen LogP contribution in [0.15, 0.2) is 55.1 Å². The quantitative estimate of drug-likeness (QED) is 0.481. The van der Waals surface area contributed by atoms with Crippen LogP contribution in [0.25, 0.3) is 5.69 Å². The molecular formula is C19H17FN4O4. The lowest BCUT2D eigenvalue weighted by Crippen LogP contribution is -2.26. The number of hydrogen-bond donors (Lipinski definition) is 0. The minimum absolute atomic E-state index is 0.114. The van der Waals surface area contributed by atoms with Crippen molar-refractivity contribution in [2.75, 3.05) is 14.2 Å². The second-order valence-corrected chi connectivity index (χ2v) is 6.06. The molecule has 0 N–H and O–H groups in total. The van der Waals surface area contributed by atoms with Gasteiger partial charge in [0.15, 0.2) is 11.6 Å². The fourth-order valence-corrected chi connectivity index (χ4v) is 2.80. The average Bonchev–Trinajstić information content (AvgIpc) is 3.21. The molecular weight excluding hydrogens is 367 g/mol. The second-order valence-electron chi connectivity index (χ2n) is 6.06. The van der Waals surface area contributed by atoms with E-state index in [2.05, 4.69) is 4.98 Å². The van der Waals surface area contributed by atoms with Crippen LogP contribution in [0, 0.1) is 15.9 Å². The number of methoxy groups -OCH3 is 1. The molecule has 0 fully saturated rings. The van der Waals surface area contributed by atoms with E-state index < -0.39 is 16.6 Å². The van der Waals surface area contributed by atoms with Crippen LogP contribution in [0.1, 0.15) is 15.9 Å². The van der Waals surface area contributed by atoms with Gasteiger partial charge in [0, 0.05) is 37.6 Å². The van der Waals surface area contributed by atoms with Crippen LogP contribution in [0.3, 0.4) is 0 Å². The number of benzene rings is 2. The van der Waals surface area contributed by atoms with Gasteiger partial charge >= 0.3 is 0 Å². The molecule has 28 heavy (non-hydrogen) atoms. The van der Waals surface area contributed by atoms with E-state index >= 15 is 0 Å². The Hall–Kier alpha value is -3.75. The van der Waals surface area contributed by atoms with Crippen LogP contribution < -0.4 is 4.74 Å². The van der Waals surface area contributed by atoms with Crippen molar-refractivity contribution in [2.45, 2.75) is 6.54 Å². The van der Waals surface area contributed by atoms with Crippen LogP contribution >= 0.6 is 0 Å². The Morgan fingerprint density at radius 1 is 1.32 bits per heavy atom. The summed E-state index contributed by atoms with van der Waals surface area (Å²) in [6.45, 7) is 0.136. The lowest BCUT2D eigenvalue weighted by Gasteiger charge is -2.18. The molecule has 1 amide bonds. The molecule has 0 atom stereocenters. The maximum Gasteiger partial charge on any atom is 0.294 e. The van der Waals surface area contributed by atoms with Crippen LogP contribution in [0.2, 0.25) is 0 Å². The standard InChI is InChI=1S/C19H17FN4O4/c1-22(11-13-3-6-18(28-2)15(20)9-13)19(25)14-4-5-16(17(10-14)24(26)27)23-8-7-21-12-23/h3-10,12H,11H2,1-2H3. The molecule has 0 aliphatic carbocycles. The number of imidazole rings is 1. The number of nitro groups is 1. The summed E-state index contributed by atoms with van der Waals surface area (Å²) in [6, 6.07) is 8.64. The van der Waals surface area contributed by atoms with E-state index in [1.54, 1.807) is 19.3 Å². The highest BCUT2D eigenvalue weighted by atomic mass is 19.1. The summed E-state index contributed by atoms with van der Waals surface area (Å²) in [5.41, 5.74) is 0.817. The molecule has 0 radical (unpaired) electrons. The summed E-state index contributed by atoms with van der Waals surface area (Å²) >= 11 is 0. The predicted molar refractivity (Wildman–Crippen MR) is 99.0 cm³/mol. The molecule has 2 aromatic carbocycles. The van der Waals surface area contributed by atoms with Crippen molar-refractivity contribution >= 4 is 11.6 Å². The number of halogens is 1.